The number of hydrogen-bond acceptors (Lipinski definition) is 3. The van der Waals surface area contributed by atoms with E-state index in [2.05, 4.69) is 61.5 Å². The Kier molecular flexibility index (Phi) is 5.45. The molecule has 3 heteroatoms. The van der Waals surface area contributed by atoms with E-state index in [1.165, 1.54) is 19.3 Å². The third kappa shape index (κ3) is 3.27. The molecule has 0 heterocycles. The highest BCUT2D eigenvalue weighted by Gasteiger charge is 2.70. The first-order valence-corrected chi connectivity index (χ1v) is 14.5. The molecule has 4 saturated carbocycles. The summed E-state index contributed by atoms with van der Waals surface area (Å²) in [6.45, 7) is 20.9. The van der Waals surface area contributed by atoms with Gasteiger partial charge in [-0.2, -0.15) is 0 Å². The van der Waals surface area contributed by atoms with Crippen LogP contribution in [-0.4, -0.2) is 17.9 Å². The van der Waals surface area contributed by atoms with Crippen LogP contribution in [0.15, 0.2) is 11.6 Å². The number of carbonyl (C=O) groups is 2. The second-order valence-corrected chi connectivity index (χ2v) is 15.6. The molecule has 0 unspecified atom stereocenters. The Morgan fingerprint density at radius 1 is 0.857 bits per heavy atom. The standard InChI is InChI=1S/C32H50O3/c1-20(33)35-26-19-32(9)21(22-18-27(2,3)16-17-29(22,26)6)10-11-24-30(7)14-13-25(34)28(4,5)23(30)12-15-31(24,32)8/h18,21,23-24,26H,10-17,19H2,1-9H3/t21-,23+,24-,26+,29+,30+,31-,32-/m1/s1. The summed E-state index contributed by atoms with van der Waals surface area (Å²) in [4.78, 5) is 25.3. The average molecular weight is 483 g/mol. The second-order valence-electron chi connectivity index (χ2n) is 15.6. The van der Waals surface area contributed by atoms with Crippen molar-refractivity contribution in [2.24, 2.45) is 50.2 Å². The topological polar surface area (TPSA) is 43.4 Å². The maximum Gasteiger partial charge on any atom is 0.302 e. The van der Waals surface area contributed by atoms with Gasteiger partial charge in [0.15, 0.2) is 0 Å². The zero-order valence-corrected chi connectivity index (χ0v) is 24.0. The average Bonchev–Trinajstić information content (AvgIpc) is 2.73. The molecule has 0 aromatic carbocycles. The molecule has 35 heavy (non-hydrogen) atoms. The number of allylic oxidation sites excluding steroid dienone is 1. The van der Waals surface area contributed by atoms with Crippen molar-refractivity contribution in [3.05, 3.63) is 11.6 Å². The lowest BCUT2D eigenvalue weighted by Gasteiger charge is -2.72. The summed E-state index contributed by atoms with van der Waals surface area (Å²) >= 11 is 0. The molecule has 4 fully saturated rings. The maximum absolute atomic E-state index is 13.0. The largest absolute Gasteiger partial charge is 0.462 e. The monoisotopic (exact) mass is 482 g/mol. The van der Waals surface area contributed by atoms with Gasteiger partial charge < -0.3 is 4.74 Å². The number of ketones is 1. The van der Waals surface area contributed by atoms with Crippen LogP contribution in [0.2, 0.25) is 0 Å². The van der Waals surface area contributed by atoms with Gasteiger partial charge in [0.05, 0.1) is 0 Å². The highest BCUT2D eigenvalue weighted by atomic mass is 16.5. The molecule has 0 aromatic heterocycles. The lowest BCUT2D eigenvalue weighted by Crippen LogP contribution is -2.67. The van der Waals surface area contributed by atoms with Crippen LogP contribution in [0.4, 0.5) is 0 Å². The van der Waals surface area contributed by atoms with E-state index in [9.17, 15) is 9.59 Å². The van der Waals surface area contributed by atoms with Gasteiger partial charge >= 0.3 is 5.97 Å². The second kappa shape index (κ2) is 7.47. The number of hydrogen-bond donors (Lipinski definition) is 0. The summed E-state index contributed by atoms with van der Waals surface area (Å²) in [7, 11) is 0. The Morgan fingerprint density at radius 3 is 2.20 bits per heavy atom. The van der Waals surface area contributed by atoms with E-state index in [4.69, 9.17) is 4.74 Å². The molecule has 0 bridgehead atoms. The lowest BCUT2D eigenvalue weighted by atomic mass is 9.32. The molecule has 0 N–H and O–H groups in total. The van der Waals surface area contributed by atoms with Gasteiger partial charge in [0.2, 0.25) is 0 Å². The van der Waals surface area contributed by atoms with Crippen molar-refractivity contribution in [1.82, 2.24) is 0 Å². The summed E-state index contributed by atoms with van der Waals surface area (Å²) in [6, 6.07) is 0. The first-order valence-electron chi connectivity index (χ1n) is 14.5. The number of esters is 1. The Balaban J connectivity index is 1.62. The van der Waals surface area contributed by atoms with Gasteiger partial charge in [-0.15, -0.1) is 0 Å². The fourth-order valence-corrected chi connectivity index (χ4v) is 10.8. The van der Waals surface area contributed by atoms with E-state index in [1.54, 1.807) is 12.5 Å². The van der Waals surface area contributed by atoms with E-state index < -0.39 is 0 Å². The molecule has 0 aliphatic heterocycles. The Morgan fingerprint density at radius 2 is 1.54 bits per heavy atom. The van der Waals surface area contributed by atoms with E-state index >= 15 is 0 Å². The normalized spacial score (nSPS) is 50.1. The van der Waals surface area contributed by atoms with Crippen molar-refractivity contribution in [3.63, 3.8) is 0 Å². The van der Waals surface area contributed by atoms with Crippen LogP contribution in [0.3, 0.4) is 0 Å². The van der Waals surface area contributed by atoms with Crippen LogP contribution < -0.4 is 0 Å². The van der Waals surface area contributed by atoms with Crippen molar-refractivity contribution in [2.45, 2.75) is 126 Å². The third-order valence-corrected chi connectivity index (χ3v) is 13.1. The molecule has 5 aliphatic carbocycles. The predicted molar refractivity (Wildman–Crippen MR) is 141 cm³/mol. The van der Waals surface area contributed by atoms with Crippen LogP contribution in [0.5, 0.6) is 0 Å². The number of ether oxygens (including phenoxy) is 1. The van der Waals surface area contributed by atoms with Gasteiger partial charge in [0.25, 0.3) is 0 Å². The summed E-state index contributed by atoms with van der Waals surface area (Å²) in [5, 5.41) is 0. The van der Waals surface area contributed by atoms with Gasteiger partial charge in [-0.1, -0.05) is 67.0 Å². The van der Waals surface area contributed by atoms with Crippen LogP contribution >= 0.6 is 0 Å². The SMILES string of the molecule is CC(=O)O[C@H]1C[C@]2(C)[C@H](CC[C@@H]3[C@@]4(C)CCC(=O)C(C)(C)[C@@H]4CC[C@]32C)C2=CC(C)(C)CC[C@@]21C. The van der Waals surface area contributed by atoms with Crippen molar-refractivity contribution in [3.8, 4) is 0 Å². The number of rotatable bonds is 1. The van der Waals surface area contributed by atoms with E-state index in [0.717, 1.165) is 38.5 Å². The molecule has 0 spiro atoms. The summed E-state index contributed by atoms with van der Waals surface area (Å²) in [6.07, 6.45) is 12.4. The zero-order valence-electron chi connectivity index (χ0n) is 24.0. The summed E-state index contributed by atoms with van der Waals surface area (Å²) in [5.74, 6) is 1.98. The Labute approximate surface area is 214 Å². The van der Waals surface area contributed by atoms with Crippen molar-refractivity contribution in [2.75, 3.05) is 0 Å². The minimum atomic E-state index is -0.215. The zero-order chi connectivity index (χ0) is 25.8. The molecule has 0 radical (unpaired) electrons. The van der Waals surface area contributed by atoms with Crippen molar-refractivity contribution >= 4 is 11.8 Å². The van der Waals surface area contributed by atoms with Gasteiger partial charge in [0.1, 0.15) is 11.9 Å². The molecule has 5 aliphatic rings. The fraction of sp³-hybridized carbons (Fsp3) is 0.875. The lowest BCUT2D eigenvalue weighted by molar-refractivity contribution is -0.226. The van der Waals surface area contributed by atoms with Crippen LogP contribution in [0, 0.1) is 50.2 Å². The van der Waals surface area contributed by atoms with Crippen LogP contribution in [0.25, 0.3) is 0 Å². The smallest absolute Gasteiger partial charge is 0.302 e. The Hall–Kier alpha value is -1.12. The van der Waals surface area contributed by atoms with Crippen LogP contribution in [0.1, 0.15) is 120 Å². The minimum Gasteiger partial charge on any atom is -0.462 e. The van der Waals surface area contributed by atoms with Gasteiger partial charge in [-0.05, 0) is 90.8 Å². The predicted octanol–water partition coefficient (Wildman–Crippen LogP) is 7.92. The van der Waals surface area contributed by atoms with E-state index in [-0.39, 0.29) is 44.6 Å². The molecular formula is C32H50O3. The fourth-order valence-electron chi connectivity index (χ4n) is 10.8. The van der Waals surface area contributed by atoms with E-state index in [0.29, 0.717) is 23.5 Å². The first kappa shape index (κ1) is 25.5. The molecule has 0 aromatic rings. The number of fused-ring (bicyclic) bond motifs is 7. The van der Waals surface area contributed by atoms with Crippen molar-refractivity contribution < 1.29 is 14.3 Å². The third-order valence-electron chi connectivity index (χ3n) is 13.1. The minimum absolute atomic E-state index is 0.0467. The molecule has 0 amide bonds. The van der Waals surface area contributed by atoms with E-state index in [1.807, 2.05) is 0 Å². The highest BCUT2D eigenvalue weighted by molar-refractivity contribution is 5.85. The molecule has 8 atom stereocenters. The molecule has 3 nitrogen and oxygen atoms in total. The van der Waals surface area contributed by atoms with Gasteiger partial charge in [0, 0.05) is 24.2 Å². The molecule has 196 valence electrons. The highest BCUT2D eigenvalue weighted by Crippen LogP contribution is 2.76. The van der Waals surface area contributed by atoms with Crippen LogP contribution in [-0.2, 0) is 14.3 Å². The summed E-state index contributed by atoms with van der Waals surface area (Å²) < 4.78 is 6.23. The maximum atomic E-state index is 13.0. The number of Topliss-reactive ketones (excluding diaryl/α,β-unsaturated/α-hetero) is 1. The first-order chi connectivity index (χ1) is 16.0. The number of carbonyl (C=O) groups excluding carboxylic acids is 2. The quantitative estimate of drug-likeness (QED) is 0.282. The van der Waals surface area contributed by atoms with Gasteiger partial charge in [-0.3, -0.25) is 9.59 Å². The summed E-state index contributed by atoms with van der Waals surface area (Å²) in [5.41, 5.74) is 2.01. The molecular weight excluding hydrogens is 432 g/mol. The van der Waals surface area contributed by atoms with Crippen molar-refractivity contribution in [1.29, 1.82) is 0 Å². The molecule has 0 saturated heterocycles. The Bertz CT molecular complexity index is 973. The van der Waals surface area contributed by atoms with Gasteiger partial charge in [-0.25, -0.2) is 0 Å². The molecule has 5 rings (SSSR count).